The molecule has 0 aliphatic carbocycles. The molecule has 0 saturated carbocycles. The van der Waals surface area contributed by atoms with Crippen LogP contribution in [0.1, 0.15) is 32.6 Å². The van der Waals surface area contributed by atoms with Gasteiger partial charge in [0.15, 0.2) is 0 Å². The lowest BCUT2D eigenvalue weighted by Gasteiger charge is -2.04. The van der Waals surface area contributed by atoms with Crippen LogP contribution >= 0.6 is 0 Å². The molecule has 0 heterocycles. The van der Waals surface area contributed by atoms with Gasteiger partial charge in [-0.05, 0) is 26.2 Å². The number of hydrogen-bond donors (Lipinski definition) is 2. The minimum Gasteiger partial charge on any atom is -0.465 e. The van der Waals surface area contributed by atoms with Crippen LogP contribution in [0.2, 0.25) is 0 Å². The molecule has 0 rings (SSSR count). The number of rotatable bonds is 7. The fourth-order valence-electron chi connectivity index (χ4n) is 0.964. The third-order valence-corrected chi connectivity index (χ3v) is 1.70. The molecule has 4 nitrogen and oxygen atoms in total. The van der Waals surface area contributed by atoms with E-state index in [0.29, 0.717) is 6.61 Å². The number of nitrogens with two attached hydrogens (primary N) is 1. The zero-order valence-corrected chi connectivity index (χ0v) is 8.16. The van der Waals surface area contributed by atoms with Gasteiger partial charge < -0.3 is 15.6 Å². The molecular formula is C9H19NO3. The first-order valence-corrected chi connectivity index (χ1v) is 4.70. The van der Waals surface area contributed by atoms with Crippen molar-refractivity contribution < 1.29 is 14.6 Å². The predicted molar refractivity (Wildman–Crippen MR) is 50.2 cm³/mol. The Morgan fingerprint density at radius 2 is 2.15 bits per heavy atom. The minimum absolute atomic E-state index is 0.0479. The molecule has 0 spiro atoms. The van der Waals surface area contributed by atoms with Crippen LogP contribution in [0.15, 0.2) is 0 Å². The molecule has 0 aliphatic rings. The normalized spacial score (nSPS) is 12.5. The largest absolute Gasteiger partial charge is 0.465 e. The van der Waals surface area contributed by atoms with E-state index < -0.39 is 0 Å². The van der Waals surface area contributed by atoms with Gasteiger partial charge in [-0.2, -0.15) is 0 Å². The van der Waals surface area contributed by atoms with Crippen LogP contribution in [0.25, 0.3) is 0 Å². The smallest absolute Gasteiger partial charge is 0.319 e. The fraction of sp³-hybridized carbons (Fsp3) is 0.889. The molecule has 1 unspecified atom stereocenters. The van der Waals surface area contributed by atoms with Crippen molar-refractivity contribution in [1.82, 2.24) is 0 Å². The summed E-state index contributed by atoms with van der Waals surface area (Å²) in [7, 11) is 0. The molecule has 0 fully saturated rings. The molecular weight excluding hydrogens is 170 g/mol. The van der Waals surface area contributed by atoms with Crippen LogP contribution in [0.4, 0.5) is 0 Å². The van der Waals surface area contributed by atoms with Gasteiger partial charge in [0.1, 0.15) is 0 Å². The van der Waals surface area contributed by atoms with E-state index in [2.05, 4.69) is 0 Å². The Hall–Kier alpha value is -0.610. The van der Waals surface area contributed by atoms with Gasteiger partial charge in [-0.3, -0.25) is 4.79 Å². The monoisotopic (exact) mass is 189 g/mol. The summed E-state index contributed by atoms with van der Waals surface area (Å²) in [5.41, 5.74) is 5.05. The lowest BCUT2D eigenvalue weighted by atomic mass is 10.1. The summed E-state index contributed by atoms with van der Waals surface area (Å²) in [5.74, 6) is -0.351. The maximum Gasteiger partial charge on any atom is 0.319 e. The fourth-order valence-corrected chi connectivity index (χ4v) is 0.964. The SMILES string of the molecule is CC(O)CCCCCOC(=O)CN. The molecule has 3 N–H and O–H groups in total. The Morgan fingerprint density at radius 3 is 2.69 bits per heavy atom. The van der Waals surface area contributed by atoms with E-state index in [4.69, 9.17) is 15.6 Å². The quantitative estimate of drug-likeness (QED) is 0.450. The van der Waals surface area contributed by atoms with Gasteiger partial charge in [-0.15, -0.1) is 0 Å². The highest BCUT2D eigenvalue weighted by Crippen LogP contribution is 2.02. The summed E-state index contributed by atoms with van der Waals surface area (Å²) in [5, 5.41) is 8.93. The second kappa shape index (κ2) is 8.01. The van der Waals surface area contributed by atoms with Crippen molar-refractivity contribution in [2.24, 2.45) is 5.73 Å². The van der Waals surface area contributed by atoms with Crippen molar-refractivity contribution >= 4 is 5.97 Å². The van der Waals surface area contributed by atoms with Crippen molar-refractivity contribution in [3.63, 3.8) is 0 Å². The van der Waals surface area contributed by atoms with E-state index in [1.807, 2.05) is 0 Å². The number of hydrogen-bond acceptors (Lipinski definition) is 4. The lowest BCUT2D eigenvalue weighted by Crippen LogP contribution is -2.17. The van der Waals surface area contributed by atoms with Crippen LogP contribution in [0.3, 0.4) is 0 Å². The molecule has 0 aromatic carbocycles. The van der Waals surface area contributed by atoms with Gasteiger partial charge in [0.05, 0.1) is 19.3 Å². The van der Waals surface area contributed by atoms with Crippen LogP contribution in [0.5, 0.6) is 0 Å². The molecule has 0 bridgehead atoms. The predicted octanol–water partition coefficient (Wildman–Crippen LogP) is 0.430. The Bertz CT molecular complexity index is 137. The average Bonchev–Trinajstić information content (AvgIpc) is 2.10. The lowest BCUT2D eigenvalue weighted by molar-refractivity contribution is -0.142. The Balaban J connectivity index is 3.04. The number of carbonyl (C=O) groups excluding carboxylic acids is 1. The number of esters is 1. The third-order valence-electron chi connectivity index (χ3n) is 1.70. The Morgan fingerprint density at radius 1 is 1.46 bits per heavy atom. The van der Waals surface area contributed by atoms with E-state index in [1.165, 1.54) is 0 Å². The van der Waals surface area contributed by atoms with Crippen molar-refractivity contribution in [1.29, 1.82) is 0 Å². The Kier molecular flexibility index (Phi) is 7.63. The van der Waals surface area contributed by atoms with E-state index >= 15 is 0 Å². The van der Waals surface area contributed by atoms with E-state index in [0.717, 1.165) is 25.7 Å². The number of unbranched alkanes of at least 4 members (excludes halogenated alkanes) is 2. The summed E-state index contributed by atoms with van der Waals surface area (Å²) in [6, 6.07) is 0. The maximum absolute atomic E-state index is 10.6. The number of aliphatic hydroxyl groups excluding tert-OH is 1. The number of ether oxygens (including phenoxy) is 1. The molecule has 0 amide bonds. The summed E-state index contributed by atoms with van der Waals surface area (Å²) in [4.78, 5) is 10.6. The third kappa shape index (κ3) is 9.30. The Labute approximate surface area is 79.1 Å². The average molecular weight is 189 g/mol. The van der Waals surface area contributed by atoms with Crippen LogP contribution in [-0.2, 0) is 9.53 Å². The van der Waals surface area contributed by atoms with Gasteiger partial charge in [-0.1, -0.05) is 6.42 Å². The van der Waals surface area contributed by atoms with Crippen LogP contribution in [-0.4, -0.2) is 30.3 Å². The van der Waals surface area contributed by atoms with E-state index in [9.17, 15) is 4.79 Å². The highest BCUT2D eigenvalue weighted by atomic mass is 16.5. The van der Waals surface area contributed by atoms with Gasteiger partial charge in [0.25, 0.3) is 0 Å². The molecule has 0 aromatic heterocycles. The molecule has 78 valence electrons. The molecule has 0 aromatic rings. The van der Waals surface area contributed by atoms with Crippen molar-refractivity contribution in [3.05, 3.63) is 0 Å². The minimum atomic E-state index is -0.351. The highest BCUT2D eigenvalue weighted by Gasteiger charge is 1.98. The molecule has 4 heteroatoms. The van der Waals surface area contributed by atoms with Gasteiger partial charge in [0.2, 0.25) is 0 Å². The second-order valence-electron chi connectivity index (χ2n) is 3.12. The van der Waals surface area contributed by atoms with Gasteiger partial charge in [0, 0.05) is 0 Å². The second-order valence-corrected chi connectivity index (χ2v) is 3.12. The molecule has 1 atom stereocenters. The number of carbonyl (C=O) groups is 1. The maximum atomic E-state index is 10.6. The summed E-state index contributed by atoms with van der Waals surface area (Å²) in [6.45, 7) is 2.16. The molecule has 0 saturated heterocycles. The van der Waals surface area contributed by atoms with Gasteiger partial charge >= 0.3 is 5.97 Å². The first-order chi connectivity index (χ1) is 6.16. The summed E-state index contributed by atoms with van der Waals surface area (Å²) in [6.07, 6.45) is 3.37. The zero-order valence-electron chi connectivity index (χ0n) is 8.16. The highest BCUT2D eigenvalue weighted by molar-refractivity contribution is 5.71. The molecule has 0 radical (unpaired) electrons. The van der Waals surface area contributed by atoms with E-state index in [1.54, 1.807) is 6.92 Å². The van der Waals surface area contributed by atoms with Crippen molar-refractivity contribution in [2.75, 3.05) is 13.2 Å². The van der Waals surface area contributed by atoms with Crippen molar-refractivity contribution in [3.8, 4) is 0 Å². The molecule has 13 heavy (non-hydrogen) atoms. The number of aliphatic hydroxyl groups is 1. The summed E-state index contributed by atoms with van der Waals surface area (Å²) < 4.78 is 4.77. The van der Waals surface area contributed by atoms with Crippen molar-refractivity contribution in [2.45, 2.75) is 38.7 Å². The standard InChI is InChI=1S/C9H19NO3/c1-8(11)5-3-2-4-6-13-9(12)7-10/h8,11H,2-7,10H2,1H3. The summed E-state index contributed by atoms with van der Waals surface area (Å²) >= 11 is 0. The molecule has 0 aliphatic heterocycles. The first-order valence-electron chi connectivity index (χ1n) is 4.70. The van der Waals surface area contributed by atoms with Crippen LogP contribution in [0, 0.1) is 0 Å². The van der Waals surface area contributed by atoms with Crippen LogP contribution < -0.4 is 5.73 Å². The topological polar surface area (TPSA) is 72.5 Å². The first kappa shape index (κ1) is 12.4. The van der Waals surface area contributed by atoms with E-state index in [-0.39, 0.29) is 18.6 Å². The van der Waals surface area contributed by atoms with Gasteiger partial charge in [-0.25, -0.2) is 0 Å². The zero-order chi connectivity index (χ0) is 10.1.